The summed E-state index contributed by atoms with van der Waals surface area (Å²) >= 11 is 0. The number of benzene rings is 1. The van der Waals surface area contributed by atoms with Crippen LogP contribution in [0.2, 0.25) is 0 Å². The summed E-state index contributed by atoms with van der Waals surface area (Å²) in [7, 11) is 0. The summed E-state index contributed by atoms with van der Waals surface area (Å²) in [6, 6.07) is 5.52. The van der Waals surface area contributed by atoms with Gasteiger partial charge in [-0.05, 0) is 25.0 Å². The molecule has 98 valence electrons. The van der Waals surface area contributed by atoms with Gasteiger partial charge in [0.2, 0.25) is 0 Å². The molecule has 0 saturated carbocycles. The van der Waals surface area contributed by atoms with Crippen LogP contribution in [0.3, 0.4) is 0 Å². The van der Waals surface area contributed by atoms with Crippen LogP contribution in [0.5, 0.6) is 0 Å². The largest absolute Gasteiger partial charge is 0.476 e. The van der Waals surface area contributed by atoms with Gasteiger partial charge in [0, 0.05) is 5.56 Å². The molecule has 1 aromatic carbocycles. The number of carboxylic acid groups (broad SMARTS) is 1. The summed E-state index contributed by atoms with van der Waals surface area (Å²) in [6.07, 6.45) is 1.27. The van der Waals surface area contributed by atoms with Crippen molar-refractivity contribution in [1.29, 1.82) is 0 Å². The standard InChI is InChI=1S/C13H13N3O3/c1-7-4-3-5-8(2)10(7)12(17)15-9-6-14-16-11(9)13(18)19/h3-6H,1-2H3,(H,14,16)(H,15,17)(H,18,19). The zero-order valence-electron chi connectivity index (χ0n) is 10.5. The van der Waals surface area contributed by atoms with E-state index < -0.39 is 5.97 Å². The van der Waals surface area contributed by atoms with Gasteiger partial charge in [0.05, 0.1) is 11.9 Å². The molecule has 1 heterocycles. The van der Waals surface area contributed by atoms with E-state index in [1.807, 2.05) is 32.0 Å². The molecule has 0 aliphatic carbocycles. The maximum atomic E-state index is 12.2. The van der Waals surface area contributed by atoms with Crippen LogP contribution in [-0.4, -0.2) is 27.2 Å². The molecular weight excluding hydrogens is 246 g/mol. The maximum absolute atomic E-state index is 12.2. The van der Waals surface area contributed by atoms with Gasteiger partial charge in [-0.15, -0.1) is 0 Å². The van der Waals surface area contributed by atoms with Crippen molar-refractivity contribution in [3.05, 3.63) is 46.8 Å². The van der Waals surface area contributed by atoms with Crippen molar-refractivity contribution in [2.45, 2.75) is 13.8 Å². The maximum Gasteiger partial charge on any atom is 0.356 e. The van der Waals surface area contributed by atoms with Crippen molar-refractivity contribution in [3.63, 3.8) is 0 Å². The first-order valence-electron chi connectivity index (χ1n) is 5.65. The number of amides is 1. The lowest BCUT2D eigenvalue weighted by atomic mass is 10.0. The van der Waals surface area contributed by atoms with Crippen LogP contribution in [0, 0.1) is 13.8 Å². The van der Waals surface area contributed by atoms with E-state index in [2.05, 4.69) is 15.5 Å². The number of aromatic nitrogens is 2. The van der Waals surface area contributed by atoms with E-state index in [0.717, 1.165) is 11.1 Å². The van der Waals surface area contributed by atoms with E-state index in [9.17, 15) is 9.59 Å². The zero-order valence-corrected chi connectivity index (χ0v) is 10.5. The van der Waals surface area contributed by atoms with E-state index in [-0.39, 0.29) is 17.3 Å². The molecule has 0 aliphatic rings. The predicted octanol–water partition coefficient (Wildman–Crippen LogP) is 1.98. The van der Waals surface area contributed by atoms with Crippen molar-refractivity contribution in [2.24, 2.45) is 0 Å². The molecule has 1 aromatic heterocycles. The van der Waals surface area contributed by atoms with Gasteiger partial charge >= 0.3 is 5.97 Å². The van der Waals surface area contributed by atoms with Crippen LogP contribution in [0.4, 0.5) is 5.69 Å². The third-order valence-electron chi connectivity index (χ3n) is 2.81. The van der Waals surface area contributed by atoms with Crippen LogP contribution < -0.4 is 5.32 Å². The highest BCUT2D eigenvalue weighted by atomic mass is 16.4. The first kappa shape index (κ1) is 12.8. The molecule has 0 fully saturated rings. The lowest BCUT2D eigenvalue weighted by Crippen LogP contribution is -2.16. The third-order valence-corrected chi connectivity index (χ3v) is 2.81. The topological polar surface area (TPSA) is 95.1 Å². The van der Waals surface area contributed by atoms with E-state index in [1.165, 1.54) is 6.20 Å². The number of carbonyl (C=O) groups is 2. The van der Waals surface area contributed by atoms with Gasteiger partial charge < -0.3 is 10.4 Å². The summed E-state index contributed by atoms with van der Waals surface area (Å²) in [5, 5.41) is 17.4. The number of aromatic amines is 1. The number of rotatable bonds is 3. The molecule has 0 spiro atoms. The molecule has 6 nitrogen and oxygen atoms in total. The summed E-state index contributed by atoms with van der Waals surface area (Å²) in [4.78, 5) is 23.1. The third kappa shape index (κ3) is 2.47. The molecule has 19 heavy (non-hydrogen) atoms. The van der Waals surface area contributed by atoms with E-state index in [0.29, 0.717) is 5.56 Å². The number of aromatic carboxylic acids is 1. The summed E-state index contributed by atoms with van der Waals surface area (Å²) in [6.45, 7) is 3.66. The molecule has 0 aliphatic heterocycles. The molecule has 1 amide bonds. The predicted molar refractivity (Wildman–Crippen MR) is 69.4 cm³/mol. The van der Waals surface area contributed by atoms with E-state index in [4.69, 9.17) is 5.11 Å². The minimum Gasteiger partial charge on any atom is -0.476 e. The zero-order chi connectivity index (χ0) is 14.0. The minimum atomic E-state index is -1.17. The smallest absolute Gasteiger partial charge is 0.356 e. The van der Waals surface area contributed by atoms with Crippen LogP contribution in [0.15, 0.2) is 24.4 Å². The van der Waals surface area contributed by atoms with Crippen LogP contribution in [-0.2, 0) is 0 Å². The number of hydrogen-bond donors (Lipinski definition) is 3. The molecule has 0 saturated heterocycles. The Morgan fingerprint density at radius 2 is 1.89 bits per heavy atom. The number of nitrogens with zero attached hydrogens (tertiary/aromatic N) is 1. The van der Waals surface area contributed by atoms with Crippen LogP contribution in [0.25, 0.3) is 0 Å². The highest BCUT2D eigenvalue weighted by molar-refractivity contribution is 6.08. The Hall–Kier alpha value is -2.63. The lowest BCUT2D eigenvalue weighted by molar-refractivity contribution is 0.0691. The second-order valence-electron chi connectivity index (χ2n) is 4.18. The first-order valence-corrected chi connectivity index (χ1v) is 5.65. The second kappa shape index (κ2) is 4.93. The molecule has 0 bridgehead atoms. The van der Waals surface area contributed by atoms with Crippen molar-refractivity contribution in [1.82, 2.24) is 10.2 Å². The number of nitrogens with one attached hydrogen (secondary N) is 2. The SMILES string of the molecule is Cc1cccc(C)c1C(=O)Nc1cn[nH]c1C(=O)O. The highest BCUT2D eigenvalue weighted by Crippen LogP contribution is 2.17. The van der Waals surface area contributed by atoms with Crippen molar-refractivity contribution >= 4 is 17.6 Å². The summed E-state index contributed by atoms with van der Waals surface area (Å²) in [5.41, 5.74) is 2.22. The van der Waals surface area contributed by atoms with E-state index >= 15 is 0 Å². The summed E-state index contributed by atoms with van der Waals surface area (Å²) < 4.78 is 0. The number of H-pyrrole nitrogens is 1. The molecule has 0 radical (unpaired) electrons. The number of anilines is 1. The monoisotopic (exact) mass is 259 g/mol. The second-order valence-corrected chi connectivity index (χ2v) is 4.18. The quantitative estimate of drug-likeness (QED) is 0.785. The van der Waals surface area contributed by atoms with Gasteiger partial charge in [-0.3, -0.25) is 9.89 Å². The van der Waals surface area contributed by atoms with Gasteiger partial charge in [-0.1, -0.05) is 18.2 Å². The summed E-state index contributed by atoms with van der Waals surface area (Å²) in [5.74, 6) is -1.52. The van der Waals surface area contributed by atoms with Crippen molar-refractivity contribution < 1.29 is 14.7 Å². The van der Waals surface area contributed by atoms with Crippen LogP contribution in [0.1, 0.15) is 32.0 Å². The number of carboxylic acids is 1. The Bertz CT molecular complexity index is 626. The van der Waals surface area contributed by atoms with Gasteiger partial charge in [-0.2, -0.15) is 5.10 Å². The Labute approximate surface area is 109 Å². The lowest BCUT2D eigenvalue weighted by Gasteiger charge is -2.09. The Balaban J connectivity index is 2.31. The van der Waals surface area contributed by atoms with Gasteiger partial charge in [0.1, 0.15) is 0 Å². The van der Waals surface area contributed by atoms with Crippen molar-refractivity contribution in [2.75, 3.05) is 5.32 Å². The van der Waals surface area contributed by atoms with Gasteiger partial charge in [-0.25, -0.2) is 4.79 Å². The molecule has 3 N–H and O–H groups in total. The molecule has 0 atom stereocenters. The fraction of sp³-hybridized carbons (Fsp3) is 0.154. The van der Waals surface area contributed by atoms with E-state index in [1.54, 1.807) is 0 Å². The average molecular weight is 259 g/mol. The Kier molecular flexibility index (Phi) is 3.33. The molecule has 6 heteroatoms. The van der Waals surface area contributed by atoms with Gasteiger partial charge in [0.25, 0.3) is 5.91 Å². The fourth-order valence-electron chi connectivity index (χ4n) is 1.90. The fourth-order valence-corrected chi connectivity index (χ4v) is 1.90. The molecular formula is C13H13N3O3. The van der Waals surface area contributed by atoms with Gasteiger partial charge in [0.15, 0.2) is 5.69 Å². The van der Waals surface area contributed by atoms with Crippen molar-refractivity contribution in [3.8, 4) is 0 Å². The van der Waals surface area contributed by atoms with Crippen LogP contribution >= 0.6 is 0 Å². The Morgan fingerprint density at radius 3 is 2.47 bits per heavy atom. The molecule has 0 unspecified atom stereocenters. The average Bonchev–Trinajstić information content (AvgIpc) is 2.76. The number of hydrogen-bond acceptors (Lipinski definition) is 3. The number of carbonyl (C=O) groups excluding carboxylic acids is 1. The molecule has 2 rings (SSSR count). The minimum absolute atomic E-state index is 0.139. The highest BCUT2D eigenvalue weighted by Gasteiger charge is 2.17. The first-order chi connectivity index (χ1) is 9.00. The number of aryl methyl sites for hydroxylation is 2. The normalized spacial score (nSPS) is 10.2. The Morgan fingerprint density at radius 1 is 1.26 bits per heavy atom. The molecule has 2 aromatic rings.